The second-order valence-corrected chi connectivity index (χ2v) is 4.58. The van der Waals surface area contributed by atoms with Crippen molar-refractivity contribution < 1.29 is 4.74 Å². The Bertz CT molecular complexity index is 610. The SMILES string of the molecule is C#CCOc1ccccc1CNCc1cnn(C)c1C. The van der Waals surface area contributed by atoms with Crippen molar-refractivity contribution in [2.75, 3.05) is 6.61 Å². The average Bonchev–Trinajstić information content (AvgIpc) is 2.78. The number of nitrogens with zero attached hydrogens (tertiary/aromatic N) is 2. The van der Waals surface area contributed by atoms with Crippen molar-refractivity contribution in [3.8, 4) is 18.1 Å². The molecule has 0 fully saturated rings. The maximum atomic E-state index is 5.52. The minimum absolute atomic E-state index is 0.290. The lowest BCUT2D eigenvalue weighted by Crippen LogP contribution is -2.14. The van der Waals surface area contributed by atoms with Gasteiger partial charge in [-0.2, -0.15) is 5.10 Å². The maximum absolute atomic E-state index is 5.52. The number of aryl methyl sites for hydroxylation is 1. The molecule has 4 heteroatoms. The van der Waals surface area contributed by atoms with Crippen molar-refractivity contribution in [2.24, 2.45) is 7.05 Å². The second kappa shape index (κ2) is 6.78. The lowest BCUT2D eigenvalue weighted by molar-refractivity contribution is 0.365. The van der Waals surface area contributed by atoms with Gasteiger partial charge in [0.15, 0.2) is 0 Å². The Labute approximate surface area is 119 Å². The Hall–Kier alpha value is -2.25. The predicted molar refractivity (Wildman–Crippen MR) is 79.3 cm³/mol. The van der Waals surface area contributed by atoms with E-state index in [2.05, 4.69) is 23.3 Å². The monoisotopic (exact) mass is 269 g/mol. The number of benzene rings is 1. The third-order valence-corrected chi connectivity index (χ3v) is 3.25. The van der Waals surface area contributed by atoms with Crippen LogP contribution in [-0.2, 0) is 20.1 Å². The summed E-state index contributed by atoms with van der Waals surface area (Å²) in [5.41, 5.74) is 3.48. The second-order valence-electron chi connectivity index (χ2n) is 4.58. The molecule has 4 nitrogen and oxygen atoms in total. The predicted octanol–water partition coefficient (Wildman–Crippen LogP) is 2.03. The highest BCUT2D eigenvalue weighted by molar-refractivity contribution is 5.33. The van der Waals surface area contributed by atoms with Gasteiger partial charge in [-0.15, -0.1) is 6.42 Å². The Kier molecular flexibility index (Phi) is 4.80. The number of nitrogens with one attached hydrogen (secondary N) is 1. The molecule has 0 amide bonds. The summed E-state index contributed by atoms with van der Waals surface area (Å²) < 4.78 is 7.40. The van der Waals surface area contributed by atoms with Gasteiger partial charge in [-0.3, -0.25) is 4.68 Å². The number of terminal acetylenes is 1. The van der Waals surface area contributed by atoms with Crippen LogP contribution >= 0.6 is 0 Å². The van der Waals surface area contributed by atoms with Gasteiger partial charge in [0, 0.05) is 37.0 Å². The van der Waals surface area contributed by atoms with Crippen LogP contribution in [0.25, 0.3) is 0 Å². The first-order valence-electron chi connectivity index (χ1n) is 6.54. The molecule has 104 valence electrons. The highest BCUT2D eigenvalue weighted by atomic mass is 16.5. The van der Waals surface area contributed by atoms with E-state index in [0.717, 1.165) is 24.4 Å². The molecule has 0 saturated carbocycles. The number of para-hydroxylation sites is 1. The van der Waals surface area contributed by atoms with Gasteiger partial charge >= 0.3 is 0 Å². The molecule has 0 radical (unpaired) electrons. The van der Waals surface area contributed by atoms with Crippen molar-refractivity contribution in [3.05, 3.63) is 47.3 Å². The zero-order valence-electron chi connectivity index (χ0n) is 11.9. The zero-order valence-corrected chi connectivity index (χ0v) is 11.9. The van der Waals surface area contributed by atoms with E-state index in [1.165, 1.54) is 11.3 Å². The topological polar surface area (TPSA) is 39.1 Å². The molecule has 0 atom stereocenters. The molecule has 0 bridgehead atoms. The van der Waals surface area contributed by atoms with E-state index in [-0.39, 0.29) is 0 Å². The smallest absolute Gasteiger partial charge is 0.148 e. The number of rotatable bonds is 6. The Morgan fingerprint density at radius 2 is 2.05 bits per heavy atom. The molecule has 1 heterocycles. The molecule has 0 aliphatic heterocycles. The van der Waals surface area contributed by atoms with E-state index in [0.29, 0.717) is 6.61 Å². The fourth-order valence-electron chi connectivity index (χ4n) is 1.96. The summed E-state index contributed by atoms with van der Waals surface area (Å²) in [5.74, 6) is 3.32. The Balaban J connectivity index is 1.94. The number of hydrogen-bond acceptors (Lipinski definition) is 3. The van der Waals surface area contributed by atoms with Crippen LogP contribution in [-0.4, -0.2) is 16.4 Å². The highest BCUT2D eigenvalue weighted by Gasteiger charge is 2.05. The first kappa shape index (κ1) is 14.2. The summed E-state index contributed by atoms with van der Waals surface area (Å²) in [5, 5.41) is 7.63. The van der Waals surface area contributed by atoms with E-state index >= 15 is 0 Å². The van der Waals surface area contributed by atoms with E-state index in [9.17, 15) is 0 Å². The fourth-order valence-corrected chi connectivity index (χ4v) is 1.96. The maximum Gasteiger partial charge on any atom is 0.148 e. The molecule has 2 aromatic rings. The molecule has 0 spiro atoms. The van der Waals surface area contributed by atoms with E-state index in [1.54, 1.807) is 0 Å². The van der Waals surface area contributed by atoms with Crippen LogP contribution in [0.5, 0.6) is 5.75 Å². The van der Waals surface area contributed by atoms with Crippen molar-refractivity contribution in [1.29, 1.82) is 0 Å². The third kappa shape index (κ3) is 3.40. The summed E-state index contributed by atoms with van der Waals surface area (Å²) in [4.78, 5) is 0. The van der Waals surface area contributed by atoms with Gasteiger partial charge in [0.1, 0.15) is 12.4 Å². The Morgan fingerprint density at radius 1 is 1.30 bits per heavy atom. The van der Waals surface area contributed by atoms with Gasteiger partial charge in [-0.05, 0) is 13.0 Å². The molecule has 2 rings (SSSR count). The standard InChI is InChI=1S/C16H19N3O/c1-4-9-20-16-8-6-5-7-14(16)10-17-11-15-12-18-19(3)13(15)2/h1,5-8,12,17H,9-11H2,2-3H3. The number of aromatic nitrogens is 2. The number of hydrogen-bond donors (Lipinski definition) is 1. The molecule has 1 aromatic carbocycles. The molecule has 0 saturated heterocycles. The summed E-state index contributed by atoms with van der Waals surface area (Å²) in [6, 6.07) is 7.91. The highest BCUT2D eigenvalue weighted by Crippen LogP contribution is 2.17. The molecule has 0 aliphatic carbocycles. The average molecular weight is 269 g/mol. The normalized spacial score (nSPS) is 10.2. The van der Waals surface area contributed by atoms with Gasteiger partial charge in [0.2, 0.25) is 0 Å². The summed E-state index contributed by atoms with van der Waals surface area (Å²) in [6.45, 7) is 3.87. The van der Waals surface area contributed by atoms with Crippen LogP contribution in [0.1, 0.15) is 16.8 Å². The van der Waals surface area contributed by atoms with Crippen LogP contribution in [0.4, 0.5) is 0 Å². The van der Waals surface area contributed by atoms with Gasteiger partial charge in [-0.25, -0.2) is 0 Å². The van der Waals surface area contributed by atoms with E-state index < -0.39 is 0 Å². The minimum atomic E-state index is 0.290. The van der Waals surface area contributed by atoms with E-state index in [1.807, 2.05) is 42.2 Å². The molecule has 0 unspecified atom stereocenters. The number of ether oxygens (including phenoxy) is 1. The third-order valence-electron chi connectivity index (χ3n) is 3.25. The fraction of sp³-hybridized carbons (Fsp3) is 0.312. The molecular weight excluding hydrogens is 250 g/mol. The van der Waals surface area contributed by atoms with Gasteiger partial charge < -0.3 is 10.1 Å². The quantitative estimate of drug-likeness (QED) is 0.816. The lowest BCUT2D eigenvalue weighted by atomic mass is 10.2. The van der Waals surface area contributed by atoms with Crippen LogP contribution in [0.3, 0.4) is 0 Å². The summed E-state index contributed by atoms with van der Waals surface area (Å²) >= 11 is 0. The van der Waals surface area contributed by atoms with Crippen LogP contribution in [0.15, 0.2) is 30.5 Å². The van der Waals surface area contributed by atoms with E-state index in [4.69, 9.17) is 11.2 Å². The van der Waals surface area contributed by atoms with Gasteiger partial charge in [0.05, 0.1) is 6.20 Å². The molecule has 20 heavy (non-hydrogen) atoms. The lowest BCUT2D eigenvalue weighted by Gasteiger charge is -2.10. The largest absolute Gasteiger partial charge is 0.481 e. The van der Waals surface area contributed by atoms with Crippen molar-refractivity contribution in [2.45, 2.75) is 20.0 Å². The van der Waals surface area contributed by atoms with Crippen molar-refractivity contribution in [3.63, 3.8) is 0 Å². The first-order valence-corrected chi connectivity index (χ1v) is 6.54. The summed E-state index contributed by atoms with van der Waals surface area (Å²) in [7, 11) is 1.95. The zero-order chi connectivity index (χ0) is 14.4. The van der Waals surface area contributed by atoms with Gasteiger partial charge in [0.25, 0.3) is 0 Å². The Morgan fingerprint density at radius 3 is 2.75 bits per heavy atom. The molecule has 1 aromatic heterocycles. The van der Waals surface area contributed by atoms with Crippen LogP contribution < -0.4 is 10.1 Å². The summed E-state index contributed by atoms with van der Waals surface area (Å²) in [6.07, 6.45) is 7.11. The van der Waals surface area contributed by atoms with Crippen LogP contribution in [0.2, 0.25) is 0 Å². The minimum Gasteiger partial charge on any atom is -0.481 e. The molecular formula is C16H19N3O. The molecule has 1 N–H and O–H groups in total. The first-order chi connectivity index (χ1) is 9.72. The molecule has 0 aliphatic rings. The van der Waals surface area contributed by atoms with Crippen LogP contribution in [0, 0.1) is 19.3 Å². The van der Waals surface area contributed by atoms with Crippen molar-refractivity contribution >= 4 is 0 Å². The van der Waals surface area contributed by atoms with Gasteiger partial charge in [-0.1, -0.05) is 24.1 Å². The van der Waals surface area contributed by atoms with Crippen molar-refractivity contribution in [1.82, 2.24) is 15.1 Å².